The summed E-state index contributed by atoms with van der Waals surface area (Å²) >= 11 is 1.87. The lowest BCUT2D eigenvalue weighted by Crippen LogP contribution is -2.22. The third-order valence-corrected chi connectivity index (χ3v) is 3.54. The highest BCUT2D eigenvalue weighted by molar-refractivity contribution is 7.99. The molecule has 0 amide bonds. The first-order chi connectivity index (χ1) is 7.29. The maximum atomic E-state index is 9.46. The molecule has 4 N–H and O–H groups in total. The van der Waals surface area contributed by atoms with E-state index in [1.54, 1.807) is 0 Å². The van der Waals surface area contributed by atoms with Gasteiger partial charge in [-0.25, -0.2) is 0 Å². The fourth-order valence-corrected chi connectivity index (χ4v) is 2.55. The molecule has 82 valence electrons. The maximum absolute atomic E-state index is 9.46. The molecule has 0 aromatic heterocycles. The molecule has 2 rings (SSSR count). The maximum Gasteiger partial charge on any atom is 0.0702 e. The van der Waals surface area contributed by atoms with Gasteiger partial charge in [0.15, 0.2) is 0 Å². The van der Waals surface area contributed by atoms with Crippen molar-refractivity contribution in [1.29, 1.82) is 0 Å². The summed E-state index contributed by atoms with van der Waals surface area (Å²) in [6.45, 7) is 1.33. The van der Waals surface area contributed by atoms with Crippen LogP contribution in [0.3, 0.4) is 0 Å². The van der Waals surface area contributed by atoms with Crippen LogP contribution in [-0.2, 0) is 6.42 Å². The Kier molecular flexibility index (Phi) is 3.51. The Hall–Kier alpha value is -0.710. The summed E-state index contributed by atoms with van der Waals surface area (Å²) in [6.07, 6.45) is 0.204. The summed E-state index contributed by atoms with van der Waals surface area (Å²) in [6, 6.07) is 6.29. The van der Waals surface area contributed by atoms with Gasteiger partial charge in [0.25, 0.3) is 0 Å². The van der Waals surface area contributed by atoms with Crippen LogP contribution in [0.4, 0.5) is 5.69 Å². The number of benzene rings is 1. The molecule has 0 aliphatic carbocycles. The Balaban J connectivity index is 2.13. The number of hydrogen-bond donors (Lipinski definition) is 3. The molecule has 1 aliphatic rings. The molecule has 1 heterocycles. The highest BCUT2D eigenvalue weighted by Crippen LogP contribution is 2.31. The molecule has 1 atom stereocenters. The Morgan fingerprint density at radius 1 is 1.53 bits per heavy atom. The Bertz CT molecular complexity index is 343. The lowest BCUT2D eigenvalue weighted by atomic mass is 10.1. The first kappa shape index (κ1) is 10.8. The summed E-state index contributed by atoms with van der Waals surface area (Å²) < 4.78 is 0. The van der Waals surface area contributed by atoms with E-state index in [0.29, 0.717) is 13.0 Å². The van der Waals surface area contributed by atoms with Crippen LogP contribution in [0, 0.1) is 0 Å². The smallest absolute Gasteiger partial charge is 0.0702 e. The van der Waals surface area contributed by atoms with Gasteiger partial charge in [-0.15, -0.1) is 11.8 Å². The summed E-state index contributed by atoms with van der Waals surface area (Å²) in [4.78, 5) is 1.30. The minimum absolute atomic E-state index is 0.319. The average molecular weight is 224 g/mol. The summed E-state index contributed by atoms with van der Waals surface area (Å²) in [5, 5.41) is 12.8. The zero-order valence-electron chi connectivity index (χ0n) is 8.57. The van der Waals surface area contributed by atoms with Crippen molar-refractivity contribution in [2.45, 2.75) is 17.4 Å². The first-order valence-electron chi connectivity index (χ1n) is 5.17. The normalized spacial score (nSPS) is 16.7. The quantitative estimate of drug-likeness (QED) is 0.719. The van der Waals surface area contributed by atoms with Crippen LogP contribution < -0.4 is 11.1 Å². The molecule has 1 unspecified atom stereocenters. The number of fused-ring (bicyclic) bond motifs is 1. The van der Waals surface area contributed by atoms with Gasteiger partial charge in [-0.05, 0) is 24.1 Å². The third-order valence-electron chi connectivity index (χ3n) is 2.46. The van der Waals surface area contributed by atoms with Gasteiger partial charge in [0.05, 0.1) is 6.10 Å². The van der Waals surface area contributed by atoms with Crippen molar-refractivity contribution in [1.82, 2.24) is 0 Å². The van der Waals surface area contributed by atoms with Gasteiger partial charge in [-0.2, -0.15) is 0 Å². The SMILES string of the molecule is NCC(O)Cc1ccc2c(c1)NCCS2. The fraction of sp³-hybridized carbons (Fsp3) is 0.455. The number of anilines is 1. The summed E-state index contributed by atoms with van der Waals surface area (Å²) in [5.41, 5.74) is 7.72. The Labute approximate surface area is 94.1 Å². The molecule has 4 heteroatoms. The highest BCUT2D eigenvalue weighted by atomic mass is 32.2. The van der Waals surface area contributed by atoms with Crippen LogP contribution in [0.15, 0.2) is 23.1 Å². The second-order valence-electron chi connectivity index (χ2n) is 3.70. The molecule has 1 aromatic carbocycles. The highest BCUT2D eigenvalue weighted by Gasteiger charge is 2.10. The second-order valence-corrected chi connectivity index (χ2v) is 4.84. The van der Waals surface area contributed by atoms with Gasteiger partial charge in [0.2, 0.25) is 0 Å². The minimum atomic E-state index is -0.431. The van der Waals surface area contributed by atoms with E-state index in [4.69, 9.17) is 5.73 Å². The third kappa shape index (κ3) is 2.65. The van der Waals surface area contributed by atoms with E-state index in [1.165, 1.54) is 10.6 Å². The van der Waals surface area contributed by atoms with Crippen LogP contribution >= 0.6 is 11.8 Å². The zero-order chi connectivity index (χ0) is 10.7. The topological polar surface area (TPSA) is 58.3 Å². The van der Waals surface area contributed by atoms with Crippen LogP contribution in [0.2, 0.25) is 0 Å². The fourth-order valence-electron chi connectivity index (χ4n) is 1.67. The minimum Gasteiger partial charge on any atom is -0.391 e. The molecule has 0 radical (unpaired) electrons. The Morgan fingerprint density at radius 2 is 2.40 bits per heavy atom. The summed E-state index contributed by atoms with van der Waals surface area (Å²) in [5.74, 6) is 1.12. The second kappa shape index (κ2) is 4.88. The number of nitrogens with two attached hydrogens (primary N) is 1. The van der Waals surface area contributed by atoms with E-state index >= 15 is 0 Å². The number of thioether (sulfide) groups is 1. The molecule has 3 nitrogen and oxygen atoms in total. The van der Waals surface area contributed by atoms with E-state index in [9.17, 15) is 5.11 Å². The van der Waals surface area contributed by atoms with Crippen molar-refractivity contribution in [2.24, 2.45) is 5.73 Å². The lowest BCUT2D eigenvalue weighted by molar-refractivity contribution is 0.183. The number of rotatable bonds is 3. The predicted octanol–water partition coefficient (Wildman–Crippen LogP) is 1.07. The number of hydrogen-bond acceptors (Lipinski definition) is 4. The van der Waals surface area contributed by atoms with Crippen molar-refractivity contribution in [2.75, 3.05) is 24.2 Å². The monoisotopic (exact) mass is 224 g/mol. The van der Waals surface area contributed by atoms with E-state index in [1.807, 2.05) is 11.8 Å². The average Bonchev–Trinajstić information content (AvgIpc) is 2.29. The van der Waals surface area contributed by atoms with E-state index in [2.05, 4.69) is 23.5 Å². The molecule has 0 fully saturated rings. The molecule has 1 aliphatic heterocycles. The predicted molar refractivity (Wildman–Crippen MR) is 64.4 cm³/mol. The van der Waals surface area contributed by atoms with E-state index < -0.39 is 6.10 Å². The first-order valence-corrected chi connectivity index (χ1v) is 6.16. The van der Waals surface area contributed by atoms with Crippen molar-refractivity contribution in [3.05, 3.63) is 23.8 Å². The van der Waals surface area contributed by atoms with Crippen LogP contribution in [-0.4, -0.2) is 30.1 Å². The number of aliphatic hydroxyl groups is 1. The van der Waals surface area contributed by atoms with E-state index in [-0.39, 0.29) is 0 Å². The van der Waals surface area contributed by atoms with Gasteiger partial charge in [0, 0.05) is 29.4 Å². The van der Waals surface area contributed by atoms with E-state index in [0.717, 1.165) is 17.9 Å². The van der Waals surface area contributed by atoms with Gasteiger partial charge < -0.3 is 16.2 Å². The molecular weight excluding hydrogens is 208 g/mol. The molecule has 0 saturated heterocycles. The standard InChI is InChI=1S/C11H16N2OS/c12-7-9(14)5-8-1-2-11-10(6-8)13-3-4-15-11/h1-2,6,9,13-14H,3-5,7,12H2. The molecule has 1 aromatic rings. The van der Waals surface area contributed by atoms with Crippen molar-refractivity contribution >= 4 is 17.4 Å². The Morgan fingerprint density at radius 3 is 3.20 bits per heavy atom. The van der Waals surface area contributed by atoms with Crippen molar-refractivity contribution < 1.29 is 5.11 Å². The largest absolute Gasteiger partial charge is 0.391 e. The van der Waals surface area contributed by atoms with Crippen LogP contribution in [0.25, 0.3) is 0 Å². The van der Waals surface area contributed by atoms with Crippen LogP contribution in [0.5, 0.6) is 0 Å². The molecule has 0 saturated carbocycles. The molecule has 0 bridgehead atoms. The number of nitrogens with one attached hydrogen (secondary N) is 1. The number of aliphatic hydroxyl groups excluding tert-OH is 1. The zero-order valence-corrected chi connectivity index (χ0v) is 9.39. The molecule has 0 spiro atoms. The van der Waals surface area contributed by atoms with Gasteiger partial charge in [-0.3, -0.25) is 0 Å². The molecular formula is C11H16N2OS. The van der Waals surface area contributed by atoms with Gasteiger partial charge in [0.1, 0.15) is 0 Å². The van der Waals surface area contributed by atoms with Crippen molar-refractivity contribution in [3.8, 4) is 0 Å². The summed E-state index contributed by atoms with van der Waals surface area (Å²) in [7, 11) is 0. The molecule has 15 heavy (non-hydrogen) atoms. The van der Waals surface area contributed by atoms with Gasteiger partial charge in [-0.1, -0.05) is 6.07 Å². The van der Waals surface area contributed by atoms with Gasteiger partial charge >= 0.3 is 0 Å². The van der Waals surface area contributed by atoms with Crippen molar-refractivity contribution in [3.63, 3.8) is 0 Å². The van der Waals surface area contributed by atoms with Crippen LogP contribution in [0.1, 0.15) is 5.56 Å². The lowest BCUT2D eigenvalue weighted by Gasteiger charge is -2.18.